The van der Waals surface area contributed by atoms with Gasteiger partial charge in [0.25, 0.3) is 0 Å². The van der Waals surface area contributed by atoms with Crippen molar-refractivity contribution in [3.8, 4) is 5.88 Å². The van der Waals surface area contributed by atoms with Crippen molar-refractivity contribution in [1.82, 2.24) is 4.98 Å². The lowest BCUT2D eigenvalue weighted by atomic mass is 9.96. The molecule has 0 aliphatic carbocycles. The summed E-state index contributed by atoms with van der Waals surface area (Å²) in [5.74, 6) is -1.70. The number of carboxylic acids is 1. The minimum atomic E-state index is -4.61. The van der Waals surface area contributed by atoms with Gasteiger partial charge in [0.2, 0.25) is 5.88 Å². The first-order valence-corrected chi connectivity index (χ1v) is 10.5. The van der Waals surface area contributed by atoms with Crippen LogP contribution in [0, 0.1) is 0 Å². The number of hydrogen-bond acceptors (Lipinski definition) is 6. The number of rotatable bonds is 12. The van der Waals surface area contributed by atoms with Gasteiger partial charge in [-0.25, -0.2) is 9.78 Å². The Balaban J connectivity index is 2.28. The molecular weight excluding hydrogens is 455 g/mol. The molecule has 0 bridgehead atoms. The number of aliphatic carboxylic acids is 1. The van der Waals surface area contributed by atoms with E-state index in [9.17, 15) is 22.8 Å². The van der Waals surface area contributed by atoms with E-state index in [-0.39, 0.29) is 24.5 Å². The van der Waals surface area contributed by atoms with E-state index in [2.05, 4.69) is 4.98 Å². The second kappa shape index (κ2) is 12.6. The van der Waals surface area contributed by atoms with Crippen LogP contribution in [-0.2, 0) is 38.3 Å². The number of unbranched alkanes of at least 4 members (excludes halogenated alkanes) is 2. The number of carboxylic acid groups (broad SMARTS) is 1. The van der Waals surface area contributed by atoms with Crippen LogP contribution in [0.2, 0.25) is 0 Å². The third-order valence-electron chi connectivity index (χ3n) is 4.85. The lowest BCUT2D eigenvalue weighted by molar-refractivity contribution is -0.141. The number of alkyl halides is 3. The number of halogens is 3. The number of benzene rings is 1. The van der Waals surface area contributed by atoms with Crippen molar-refractivity contribution >= 4 is 17.5 Å². The number of aromatic nitrogens is 1. The summed E-state index contributed by atoms with van der Waals surface area (Å²) in [7, 11) is 2.59. The Bertz CT molecular complexity index is 1020. The first-order chi connectivity index (χ1) is 16.2. The Hall–Kier alpha value is -3.56. The van der Waals surface area contributed by atoms with Crippen molar-refractivity contribution in [1.29, 1.82) is 0 Å². The lowest BCUT2D eigenvalue weighted by Crippen LogP contribution is -2.11. The van der Waals surface area contributed by atoms with Crippen LogP contribution in [0.4, 0.5) is 13.2 Å². The number of nitrogens with zero attached hydrogens (tertiary/aromatic N) is 1. The highest BCUT2D eigenvalue weighted by Crippen LogP contribution is 2.29. The molecule has 10 heteroatoms. The average molecular weight is 481 g/mol. The van der Waals surface area contributed by atoms with E-state index in [0.717, 1.165) is 24.5 Å². The van der Waals surface area contributed by atoms with Crippen molar-refractivity contribution in [2.24, 2.45) is 0 Å². The molecule has 7 nitrogen and oxygen atoms in total. The molecular formula is C24H26F3NO6. The minimum Gasteiger partial charge on any atom is -0.503 e. The Morgan fingerprint density at radius 3 is 2.50 bits per heavy atom. The summed E-state index contributed by atoms with van der Waals surface area (Å²) in [5, 5.41) is 8.74. The van der Waals surface area contributed by atoms with Crippen molar-refractivity contribution < 1.29 is 42.1 Å². The van der Waals surface area contributed by atoms with E-state index in [1.807, 2.05) is 6.07 Å². The highest BCUT2D eigenvalue weighted by Gasteiger charge is 2.32. The first kappa shape index (κ1) is 26.7. The summed E-state index contributed by atoms with van der Waals surface area (Å²) in [5.41, 5.74) is 0.908. The average Bonchev–Trinajstić information content (AvgIpc) is 2.80. The van der Waals surface area contributed by atoms with Crippen molar-refractivity contribution in [2.75, 3.05) is 14.2 Å². The standard InChI is InChI=1S/C24H26F3NO6/c1-32-15-19(23(31)33-2)18-12-11-16(7-4-3-5-10-22(29)30)13-17(18)14-34-21-9-6-8-20(28-21)24(25,26)27/h6,8-9,11-13,15H,3-5,7,10,14H2,1-2H3,(H,29,30)/b19-15-. The smallest absolute Gasteiger partial charge is 0.433 e. The highest BCUT2D eigenvalue weighted by atomic mass is 19.4. The fourth-order valence-electron chi connectivity index (χ4n) is 3.22. The quantitative estimate of drug-likeness (QED) is 0.197. The van der Waals surface area contributed by atoms with Crippen LogP contribution in [0.1, 0.15) is 48.1 Å². The number of esters is 1. The molecule has 0 spiro atoms. The van der Waals surface area contributed by atoms with Crippen molar-refractivity contribution in [3.63, 3.8) is 0 Å². The van der Waals surface area contributed by atoms with Crippen LogP contribution in [0.5, 0.6) is 5.88 Å². The molecule has 0 aliphatic heterocycles. The number of hydrogen-bond donors (Lipinski definition) is 1. The maximum absolute atomic E-state index is 13.0. The van der Waals surface area contributed by atoms with E-state index in [0.29, 0.717) is 24.0 Å². The minimum absolute atomic E-state index is 0.103. The first-order valence-electron chi connectivity index (χ1n) is 10.5. The zero-order valence-corrected chi connectivity index (χ0v) is 18.9. The molecule has 0 fully saturated rings. The van der Waals surface area contributed by atoms with Gasteiger partial charge in [0.15, 0.2) is 0 Å². The molecule has 0 amide bonds. The van der Waals surface area contributed by atoms with Gasteiger partial charge in [0.1, 0.15) is 17.9 Å². The van der Waals surface area contributed by atoms with Crippen LogP contribution in [0.15, 0.2) is 42.7 Å². The number of methoxy groups -OCH3 is 2. The van der Waals surface area contributed by atoms with Crippen LogP contribution in [0.25, 0.3) is 5.57 Å². The van der Waals surface area contributed by atoms with Crippen molar-refractivity contribution in [2.45, 2.75) is 44.9 Å². The summed E-state index contributed by atoms with van der Waals surface area (Å²) in [6.07, 6.45) is -0.593. The molecule has 0 saturated carbocycles. The van der Waals surface area contributed by atoms with Gasteiger partial charge >= 0.3 is 18.1 Å². The fraction of sp³-hybridized carbons (Fsp3) is 0.375. The van der Waals surface area contributed by atoms with Gasteiger partial charge in [-0.15, -0.1) is 0 Å². The highest BCUT2D eigenvalue weighted by molar-refractivity contribution is 6.16. The molecule has 0 saturated heterocycles. The molecule has 0 atom stereocenters. The second-order valence-electron chi connectivity index (χ2n) is 7.35. The van der Waals surface area contributed by atoms with Crippen molar-refractivity contribution in [3.05, 3.63) is 65.0 Å². The summed E-state index contributed by atoms with van der Waals surface area (Å²) < 4.78 is 54.2. The number of aryl methyl sites for hydroxylation is 1. The molecule has 2 aromatic rings. The zero-order valence-electron chi connectivity index (χ0n) is 18.9. The molecule has 0 radical (unpaired) electrons. The topological polar surface area (TPSA) is 95.0 Å². The normalized spacial score (nSPS) is 11.7. The third kappa shape index (κ3) is 8.09. The number of carbonyl (C=O) groups excluding carboxylic acids is 1. The molecule has 1 N–H and O–H groups in total. The van der Waals surface area contributed by atoms with Gasteiger partial charge in [-0.05, 0) is 42.0 Å². The Morgan fingerprint density at radius 2 is 1.85 bits per heavy atom. The monoisotopic (exact) mass is 481 g/mol. The zero-order chi connectivity index (χ0) is 25.1. The molecule has 1 aromatic carbocycles. The maximum Gasteiger partial charge on any atom is 0.433 e. The Labute approximate surface area is 195 Å². The van der Waals surface area contributed by atoms with Crippen LogP contribution in [0.3, 0.4) is 0 Å². The van der Waals surface area contributed by atoms with Gasteiger partial charge in [-0.3, -0.25) is 4.79 Å². The molecule has 184 valence electrons. The Kier molecular flexibility index (Phi) is 9.91. The van der Waals surface area contributed by atoms with Gasteiger partial charge in [0, 0.05) is 12.5 Å². The molecule has 34 heavy (non-hydrogen) atoms. The van der Waals surface area contributed by atoms with Gasteiger partial charge in [-0.1, -0.05) is 30.7 Å². The number of carbonyl (C=O) groups is 2. The van der Waals surface area contributed by atoms with E-state index in [1.165, 1.54) is 32.6 Å². The fourth-order valence-corrected chi connectivity index (χ4v) is 3.22. The predicted molar refractivity (Wildman–Crippen MR) is 117 cm³/mol. The van der Waals surface area contributed by atoms with E-state index < -0.39 is 23.8 Å². The predicted octanol–water partition coefficient (Wildman–Crippen LogP) is 5.03. The molecule has 0 aliphatic rings. The van der Waals surface area contributed by atoms with E-state index in [4.69, 9.17) is 19.3 Å². The molecule has 1 aromatic heterocycles. The van der Waals surface area contributed by atoms with Gasteiger partial charge in [-0.2, -0.15) is 13.2 Å². The molecule has 2 rings (SSSR count). The summed E-state index contributed by atoms with van der Waals surface area (Å²) in [6.45, 7) is -0.158. The molecule has 0 unspecified atom stereocenters. The number of ether oxygens (including phenoxy) is 3. The van der Waals surface area contributed by atoms with Gasteiger partial charge < -0.3 is 19.3 Å². The van der Waals surface area contributed by atoms with E-state index in [1.54, 1.807) is 12.1 Å². The lowest BCUT2D eigenvalue weighted by Gasteiger charge is -2.15. The summed E-state index contributed by atoms with van der Waals surface area (Å²) >= 11 is 0. The largest absolute Gasteiger partial charge is 0.503 e. The van der Waals surface area contributed by atoms with E-state index >= 15 is 0 Å². The summed E-state index contributed by atoms with van der Waals surface area (Å²) in [4.78, 5) is 26.4. The van der Waals surface area contributed by atoms with Gasteiger partial charge in [0.05, 0.1) is 20.5 Å². The molecule has 1 heterocycles. The maximum atomic E-state index is 13.0. The second-order valence-corrected chi connectivity index (χ2v) is 7.35. The Morgan fingerprint density at radius 1 is 1.09 bits per heavy atom. The van der Waals surface area contributed by atoms with Crippen LogP contribution >= 0.6 is 0 Å². The van der Waals surface area contributed by atoms with Crippen LogP contribution in [-0.4, -0.2) is 36.2 Å². The number of pyridine rings is 1. The van der Waals surface area contributed by atoms with Crippen LogP contribution < -0.4 is 4.74 Å². The summed E-state index contributed by atoms with van der Waals surface area (Å²) in [6, 6.07) is 8.64. The third-order valence-corrected chi connectivity index (χ3v) is 4.85. The SMILES string of the molecule is CO/C=C(\C(=O)OC)c1ccc(CCCCCC(=O)O)cc1COc1cccc(C(F)(F)F)n1.